The van der Waals surface area contributed by atoms with Gasteiger partial charge in [-0.25, -0.2) is 0 Å². The van der Waals surface area contributed by atoms with E-state index in [1.165, 1.54) is 58.3 Å². The van der Waals surface area contributed by atoms with Crippen molar-refractivity contribution in [3.8, 4) is 0 Å². The normalized spacial score (nSPS) is 9.12. The molecule has 16 heavy (non-hydrogen) atoms. The van der Waals surface area contributed by atoms with E-state index in [0.717, 1.165) is 25.4 Å². The average molecular weight is 228 g/mol. The Kier molecular flexibility index (Phi) is 22.0. The first-order valence-electron chi connectivity index (χ1n) is 6.66. The Morgan fingerprint density at radius 2 is 1.12 bits per heavy atom. The molecule has 96 valence electrons. The maximum Gasteiger partial charge on any atom is 0.119 e. The molecule has 0 aromatic rings. The Hall–Kier alpha value is -0.660. The van der Waals surface area contributed by atoms with Crippen molar-refractivity contribution in [2.75, 3.05) is 0 Å². The Balaban J connectivity index is 0. The zero-order valence-corrected chi connectivity index (χ0v) is 11.0. The summed E-state index contributed by atoms with van der Waals surface area (Å²) in [5.74, 6) is 0. The van der Waals surface area contributed by atoms with Crippen molar-refractivity contribution in [1.29, 1.82) is 0 Å². The fourth-order valence-corrected chi connectivity index (χ4v) is 1.54. The first-order valence-corrected chi connectivity index (χ1v) is 6.66. The summed E-state index contributed by atoms with van der Waals surface area (Å²) < 4.78 is 0. The van der Waals surface area contributed by atoms with Crippen LogP contribution in [0.25, 0.3) is 0 Å². The maximum absolute atomic E-state index is 10.0. The van der Waals surface area contributed by atoms with Gasteiger partial charge >= 0.3 is 0 Å². The molecule has 2 nitrogen and oxygen atoms in total. The minimum Gasteiger partial charge on any atom is -0.304 e. The lowest BCUT2D eigenvalue weighted by molar-refractivity contribution is -0.108. The van der Waals surface area contributed by atoms with Gasteiger partial charge in [-0.15, -0.1) is 0 Å². The molecule has 0 aliphatic heterocycles. The van der Waals surface area contributed by atoms with Gasteiger partial charge in [-0.1, -0.05) is 58.3 Å². The highest BCUT2D eigenvalue weighted by molar-refractivity contribution is 5.48. The van der Waals surface area contributed by atoms with Crippen molar-refractivity contribution in [2.24, 2.45) is 0 Å². The zero-order valence-electron chi connectivity index (χ0n) is 11.0. The standard InChI is InChI=1S/C12H24O.C2H4O/c1-2-3-4-5-6-7-8-9-10-11-12-13;1-2-3/h12H,2-11H2,1H3;2H,1H3. The Morgan fingerprint density at radius 1 is 0.750 bits per heavy atom. The van der Waals surface area contributed by atoms with E-state index < -0.39 is 0 Å². The van der Waals surface area contributed by atoms with Gasteiger partial charge in [-0.05, 0) is 13.3 Å². The van der Waals surface area contributed by atoms with Gasteiger partial charge < -0.3 is 9.59 Å². The van der Waals surface area contributed by atoms with Gasteiger partial charge in [-0.2, -0.15) is 0 Å². The molecule has 0 atom stereocenters. The predicted molar refractivity (Wildman–Crippen MR) is 69.6 cm³/mol. The number of hydrogen-bond donors (Lipinski definition) is 0. The van der Waals surface area contributed by atoms with Gasteiger partial charge in [0, 0.05) is 6.42 Å². The molecule has 0 aromatic carbocycles. The highest BCUT2D eigenvalue weighted by atomic mass is 16.1. The van der Waals surface area contributed by atoms with E-state index in [4.69, 9.17) is 4.79 Å². The molecule has 0 fully saturated rings. The van der Waals surface area contributed by atoms with Crippen LogP contribution in [-0.4, -0.2) is 12.6 Å². The molecule has 0 aliphatic rings. The lowest BCUT2D eigenvalue weighted by atomic mass is 10.1. The summed E-state index contributed by atoms with van der Waals surface area (Å²) in [5.41, 5.74) is 0. The van der Waals surface area contributed by atoms with Crippen LogP contribution in [-0.2, 0) is 9.59 Å². The number of rotatable bonds is 10. The summed E-state index contributed by atoms with van der Waals surface area (Å²) >= 11 is 0. The number of carbonyl (C=O) groups excluding carboxylic acids is 2. The van der Waals surface area contributed by atoms with Crippen LogP contribution >= 0.6 is 0 Å². The van der Waals surface area contributed by atoms with Crippen LogP contribution in [0, 0.1) is 0 Å². The van der Waals surface area contributed by atoms with Crippen LogP contribution < -0.4 is 0 Å². The first kappa shape index (κ1) is 17.7. The number of carbonyl (C=O) groups is 2. The van der Waals surface area contributed by atoms with Crippen LogP contribution in [0.3, 0.4) is 0 Å². The fourth-order valence-electron chi connectivity index (χ4n) is 1.54. The number of aldehydes is 2. The van der Waals surface area contributed by atoms with Crippen molar-refractivity contribution >= 4 is 12.6 Å². The molecule has 0 rings (SSSR count). The van der Waals surface area contributed by atoms with Crippen molar-refractivity contribution in [3.63, 3.8) is 0 Å². The third-order valence-electron chi connectivity index (χ3n) is 2.43. The Bertz CT molecular complexity index is 133. The molecule has 0 spiro atoms. The van der Waals surface area contributed by atoms with E-state index in [1.807, 2.05) is 0 Å². The van der Waals surface area contributed by atoms with Crippen molar-refractivity contribution in [1.82, 2.24) is 0 Å². The molecule has 0 bridgehead atoms. The molecule has 0 amide bonds. The van der Waals surface area contributed by atoms with E-state index in [2.05, 4.69) is 6.92 Å². The van der Waals surface area contributed by atoms with Gasteiger partial charge in [0.25, 0.3) is 0 Å². The summed E-state index contributed by atoms with van der Waals surface area (Å²) in [7, 11) is 0. The Labute approximate surface area is 101 Å². The van der Waals surface area contributed by atoms with Crippen molar-refractivity contribution in [2.45, 2.75) is 78.1 Å². The molecule has 2 heteroatoms. The molecule has 0 unspecified atom stereocenters. The van der Waals surface area contributed by atoms with Crippen LogP contribution in [0.2, 0.25) is 0 Å². The van der Waals surface area contributed by atoms with E-state index in [9.17, 15) is 4.79 Å². The van der Waals surface area contributed by atoms with Gasteiger partial charge in [0.05, 0.1) is 0 Å². The fraction of sp³-hybridized carbons (Fsp3) is 0.857. The second-order valence-corrected chi connectivity index (χ2v) is 4.02. The first-order chi connectivity index (χ1) is 7.83. The molecule has 0 N–H and O–H groups in total. The third-order valence-corrected chi connectivity index (χ3v) is 2.43. The summed E-state index contributed by atoms with van der Waals surface area (Å²) in [4.78, 5) is 18.8. The van der Waals surface area contributed by atoms with Crippen LogP contribution in [0.15, 0.2) is 0 Å². The largest absolute Gasteiger partial charge is 0.304 e. The summed E-state index contributed by atoms with van der Waals surface area (Å²) in [5, 5.41) is 0. The summed E-state index contributed by atoms with van der Waals surface area (Å²) in [6.45, 7) is 3.69. The Morgan fingerprint density at radius 3 is 1.50 bits per heavy atom. The number of hydrogen-bond acceptors (Lipinski definition) is 2. The van der Waals surface area contributed by atoms with Gasteiger partial charge in [-0.3, -0.25) is 0 Å². The molecule has 0 aromatic heterocycles. The molecular formula is C14H28O2. The second-order valence-electron chi connectivity index (χ2n) is 4.02. The maximum atomic E-state index is 10.0. The SMILES string of the molecule is CC=O.CCCCCCCCCCCC=O. The van der Waals surface area contributed by atoms with Crippen molar-refractivity contribution < 1.29 is 9.59 Å². The molecule has 0 radical (unpaired) electrons. The molecular weight excluding hydrogens is 200 g/mol. The van der Waals surface area contributed by atoms with Gasteiger partial charge in [0.2, 0.25) is 0 Å². The minimum atomic E-state index is 0.750. The molecule has 0 aliphatic carbocycles. The summed E-state index contributed by atoms with van der Waals surface area (Å²) in [6.07, 6.45) is 14.5. The highest BCUT2D eigenvalue weighted by Gasteiger charge is 1.91. The lowest BCUT2D eigenvalue weighted by Gasteiger charge is -1.99. The predicted octanol–water partition coefficient (Wildman–Crippen LogP) is 4.31. The third kappa shape index (κ3) is 23.3. The van der Waals surface area contributed by atoms with Crippen LogP contribution in [0.5, 0.6) is 0 Å². The lowest BCUT2D eigenvalue weighted by Crippen LogP contribution is -1.81. The zero-order chi connectivity index (χ0) is 12.5. The minimum absolute atomic E-state index is 0.750. The average Bonchev–Trinajstić information content (AvgIpc) is 2.28. The monoisotopic (exact) mass is 228 g/mol. The second kappa shape index (κ2) is 19.8. The smallest absolute Gasteiger partial charge is 0.119 e. The highest BCUT2D eigenvalue weighted by Crippen LogP contribution is 2.09. The molecule has 0 heterocycles. The number of unbranched alkanes of at least 4 members (excludes halogenated alkanes) is 9. The van der Waals surface area contributed by atoms with Crippen LogP contribution in [0.4, 0.5) is 0 Å². The summed E-state index contributed by atoms with van der Waals surface area (Å²) in [6, 6.07) is 0. The van der Waals surface area contributed by atoms with E-state index in [1.54, 1.807) is 0 Å². The van der Waals surface area contributed by atoms with E-state index >= 15 is 0 Å². The molecule has 0 saturated carbocycles. The van der Waals surface area contributed by atoms with E-state index in [0.29, 0.717) is 0 Å². The van der Waals surface area contributed by atoms with Crippen LogP contribution in [0.1, 0.15) is 78.1 Å². The van der Waals surface area contributed by atoms with Gasteiger partial charge in [0.1, 0.15) is 12.6 Å². The van der Waals surface area contributed by atoms with Gasteiger partial charge in [0.15, 0.2) is 0 Å². The van der Waals surface area contributed by atoms with E-state index in [-0.39, 0.29) is 0 Å². The molecule has 0 saturated heterocycles. The topological polar surface area (TPSA) is 34.1 Å². The van der Waals surface area contributed by atoms with Crippen molar-refractivity contribution in [3.05, 3.63) is 0 Å². The quantitative estimate of drug-likeness (QED) is 0.412.